The molecule has 2 aromatic heterocycles. The van der Waals surface area contributed by atoms with Gasteiger partial charge in [0.25, 0.3) is 0 Å². The molecular weight excluding hydrogens is 508 g/mol. The van der Waals surface area contributed by atoms with Crippen LogP contribution in [0.3, 0.4) is 0 Å². The van der Waals surface area contributed by atoms with E-state index in [0.717, 1.165) is 72.9 Å². The summed E-state index contributed by atoms with van der Waals surface area (Å²) in [6.45, 7) is 20.2. The van der Waals surface area contributed by atoms with Crippen molar-refractivity contribution in [2.75, 3.05) is 13.2 Å². The SMILES string of the molecule is CCCCOc1ccc(-c2cc(/C=C/[Si](C(C)C)(C(C)C)C(C)C)cc(-c3ccc(OCCCC)cn3)c2)nc1. The quantitative estimate of drug-likeness (QED) is 0.137. The van der Waals surface area contributed by atoms with E-state index >= 15 is 0 Å². The third kappa shape index (κ3) is 8.06. The molecule has 0 bridgehead atoms. The van der Waals surface area contributed by atoms with Crippen LogP contribution in [0, 0.1) is 0 Å². The van der Waals surface area contributed by atoms with Gasteiger partial charge in [-0.2, -0.15) is 0 Å². The Hall–Kier alpha value is -2.92. The van der Waals surface area contributed by atoms with Crippen LogP contribution in [-0.2, 0) is 0 Å². The zero-order valence-corrected chi connectivity index (χ0v) is 27.0. The summed E-state index contributed by atoms with van der Waals surface area (Å²) in [6, 6.07) is 14.9. The minimum atomic E-state index is -1.70. The fraction of sp³-hybridized carbons (Fsp3) is 0.486. The monoisotopic (exact) mass is 558 g/mol. The van der Waals surface area contributed by atoms with E-state index < -0.39 is 8.07 Å². The van der Waals surface area contributed by atoms with Crippen LogP contribution in [0.4, 0.5) is 0 Å². The van der Waals surface area contributed by atoms with Gasteiger partial charge in [0.2, 0.25) is 0 Å². The average molecular weight is 559 g/mol. The lowest BCUT2D eigenvalue weighted by Crippen LogP contribution is -2.42. The summed E-state index contributed by atoms with van der Waals surface area (Å²) in [6.07, 6.45) is 10.4. The summed E-state index contributed by atoms with van der Waals surface area (Å²) in [5, 5.41) is 0. The van der Waals surface area contributed by atoms with Crippen LogP contribution in [0.5, 0.6) is 11.5 Å². The Morgan fingerprint density at radius 2 is 1.12 bits per heavy atom. The van der Waals surface area contributed by atoms with Crippen molar-refractivity contribution in [1.82, 2.24) is 9.97 Å². The van der Waals surface area contributed by atoms with Gasteiger partial charge in [0.1, 0.15) is 11.5 Å². The molecule has 0 fully saturated rings. The Balaban J connectivity index is 2.02. The highest BCUT2D eigenvalue weighted by Crippen LogP contribution is 2.43. The number of pyridine rings is 2. The van der Waals surface area contributed by atoms with E-state index in [4.69, 9.17) is 19.4 Å². The highest BCUT2D eigenvalue weighted by atomic mass is 28.3. The van der Waals surface area contributed by atoms with Crippen LogP contribution in [0.1, 0.15) is 86.6 Å². The normalized spacial score (nSPS) is 12.2. The number of benzene rings is 1. The summed E-state index contributed by atoms with van der Waals surface area (Å²) in [5.74, 6) is 1.63. The van der Waals surface area contributed by atoms with Gasteiger partial charge >= 0.3 is 0 Å². The van der Waals surface area contributed by atoms with Crippen molar-refractivity contribution in [3.63, 3.8) is 0 Å². The molecule has 0 saturated heterocycles. The van der Waals surface area contributed by atoms with E-state index in [1.165, 1.54) is 5.56 Å². The third-order valence-corrected chi connectivity index (χ3v) is 14.9. The lowest BCUT2D eigenvalue weighted by molar-refractivity contribution is 0.308. The van der Waals surface area contributed by atoms with Crippen LogP contribution in [0.25, 0.3) is 28.6 Å². The van der Waals surface area contributed by atoms with Crippen molar-refractivity contribution in [2.45, 2.75) is 97.7 Å². The maximum Gasteiger partial charge on any atom is 0.137 e. The first-order chi connectivity index (χ1) is 19.2. The van der Waals surface area contributed by atoms with E-state index in [1.807, 2.05) is 24.5 Å². The molecule has 216 valence electrons. The van der Waals surface area contributed by atoms with Gasteiger partial charge in [-0.3, -0.25) is 9.97 Å². The largest absolute Gasteiger partial charge is 0.492 e. The lowest BCUT2D eigenvalue weighted by Gasteiger charge is -2.40. The molecule has 4 nitrogen and oxygen atoms in total. The highest BCUT2D eigenvalue weighted by Gasteiger charge is 2.40. The summed E-state index contributed by atoms with van der Waals surface area (Å²) < 4.78 is 11.7. The predicted molar refractivity (Wildman–Crippen MR) is 174 cm³/mol. The molecular formula is C35H50N2O2Si. The molecule has 2 heterocycles. The topological polar surface area (TPSA) is 44.2 Å². The molecule has 0 amide bonds. The second-order valence-electron chi connectivity index (χ2n) is 11.8. The zero-order chi connectivity index (χ0) is 29.1. The van der Waals surface area contributed by atoms with E-state index in [-0.39, 0.29) is 0 Å². The molecule has 1 aromatic carbocycles. The Labute approximate surface area is 244 Å². The first kappa shape index (κ1) is 31.6. The molecule has 3 rings (SSSR count). The van der Waals surface area contributed by atoms with Crippen LogP contribution < -0.4 is 9.47 Å². The summed E-state index contributed by atoms with van der Waals surface area (Å²) in [7, 11) is -1.70. The Kier molecular flexibility index (Phi) is 12.0. The van der Waals surface area contributed by atoms with E-state index in [2.05, 4.69) is 97.5 Å². The lowest BCUT2D eigenvalue weighted by atomic mass is 10.0. The molecule has 0 aliphatic rings. The smallest absolute Gasteiger partial charge is 0.137 e. The van der Waals surface area contributed by atoms with Crippen LogP contribution >= 0.6 is 0 Å². The van der Waals surface area contributed by atoms with Gasteiger partial charge in [0.15, 0.2) is 0 Å². The Morgan fingerprint density at radius 3 is 1.48 bits per heavy atom. The van der Waals surface area contributed by atoms with Crippen molar-refractivity contribution in [3.05, 3.63) is 66.1 Å². The Bertz CT molecular complexity index is 1110. The summed E-state index contributed by atoms with van der Waals surface area (Å²) in [5.41, 5.74) is 9.77. The van der Waals surface area contributed by atoms with Gasteiger partial charge in [0, 0.05) is 11.1 Å². The number of hydrogen-bond acceptors (Lipinski definition) is 4. The number of rotatable bonds is 15. The maximum atomic E-state index is 5.85. The van der Waals surface area contributed by atoms with Crippen molar-refractivity contribution in [3.8, 4) is 34.0 Å². The van der Waals surface area contributed by atoms with Crippen LogP contribution in [0.2, 0.25) is 16.6 Å². The molecule has 0 atom stereocenters. The molecule has 3 aromatic rings. The maximum absolute atomic E-state index is 5.85. The van der Waals surface area contributed by atoms with Crippen molar-refractivity contribution < 1.29 is 9.47 Å². The van der Waals surface area contributed by atoms with Crippen LogP contribution in [0.15, 0.2) is 60.6 Å². The second-order valence-corrected chi connectivity index (χ2v) is 17.6. The molecule has 0 unspecified atom stereocenters. The number of nitrogens with zero attached hydrogens (tertiary/aromatic N) is 2. The molecule has 0 spiro atoms. The molecule has 0 saturated carbocycles. The fourth-order valence-electron chi connectivity index (χ4n) is 5.80. The van der Waals surface area contributed by atoms with Gasteiger partial charge in [-0.25, -0.2) is 0 Å². The number of unbranched alkanes of at least 4 members (excludes halogenated alkanes) is 2. The van der Waals surface area contributed by atoms with E-state index in [1.54, 1.807) is 0 Å². The molecule has 0 radical (unpaired) electrons. The number of aromatic nitrogens is 2. The Morgan fingerprint density at radius 1 is 0.675 bits per heavy atom. The van der Waals surface area contributed by atoms with Crippen molar-refractivity contribution in [2.24, 2.45) is 0 Å². The molecule has 0 N–H and O–H groups in total. The molecule has 40 heavy (non-hydrogen) atoms. The third-order valence-electron chi connectivity index (χ3n) is 8.12. The van der Waals surface area contributed by atoms with Crippen molar-refractivity contribution in [1.29, 1.82) is 0 Å². The molecule has 0 aliphatic carbocycles. The first-order valence-electron chi connectivity index (χ1n) is 15.2. The number of ether oxygens (including phenoxy) is 2. The fourth-order valence-corrected chi connectivity index (χ4v) is 11.4. The second kappa shape index (κ2) is 15.2. The highest BCUT2D eigenvalue weighted by molar-refractivity contribution is 6.88. The molecule has 0 aliphatic heterocycles. The standard InChI is InChI=1S/C35H50N2O2Si/c1-9-11-18-38-32-13-15-34(36-24-32)30-21-29(17-20-40(26(3)4,27(5)6)28(7)8)22-31(23-30)35-16-14-33(25-37-35)39-19-12-10-2/h13-17,20-28H,9-12,18-19H2,1-8H3/b20-17+. The van der Waals surface area contributed by atoms with E-state index in [9.17, 15) is 0 Å². The zero-order valence-electron chi connectivity index (χ0n) is 26.0. The minimum Gasteiger partial charge on any atom is -0.492 e. The van der Waals surface area contributed by atoms with Crippen molar-refractivity contribution >= 4 is 14.1 Å². The predicted octanol–water partition coefficient (Wildman–Crippen LogP) is 10.4. The summed E-state index contributed by atoms with van der Waals surface area (Å²) in [4.78, 5) is 9.54. The van der Waals surface area contributed by atoms with Gasteiger partial charge in [0.05, 0.1) is 45.1 Å². The minimum absolute atomic E-state index is 0.662. The first-order valence-corrected chi connectivity index (χ1v) is 17.5. The van der Waals surface area contributed by atoms with Gasteiger partial charge < -0.3 is 9.47 Å². The van der Waals surface area contributed by atoms with Gasteiger partial charge in [-0.1, -0.05) is 80.0 Å². The number of hydrogen-bond donors (Lipinski definition) is 0. The molecule has 5 heteroatoms. The average Bonchev–Trinajstić information content (AvgIpc) is 2.94. The van der Waals surface area contributed by atoms with Gasteiger partial charge in [-0.15, -0.1) is 0 Å². The van der Waals surface area contributed by atoms with E-state index in [0.29, 0.717) is 16.6 Å². The summed E-state index contributed by atoms with van der Waals surface area (Å²) >= 11 is 0. The van der Waals surface area contributed by atoms with Crippen LogP contribution in [-0.4, -0.2) is 31.3 Å². The van der Waals surface area contributed by atoms with Gasteiger partial charge in [-0.05, 0) is 77.5 Å².